The number of hydrogen-bond acceptors (Lipinski definition) is 6. The first-order valence-electron chi connectivity index (χ1n) is 20.0. The van der Waals surface area contributed by atoms with Gasteiger partial charge in [0.2, 0.25) is 5.91 Å². The Balaban J connectivity index is 0. The molecule has 0 atom stereocenters. The summed E-state index contributed by atoms with van der Waals surface area (Å²) in [6, 6.07) is 0. The highest BCUT2D eigenvalue weighted by molar-refractivity contribution is 5.75. The molecule has 7 nitrogen and oxygen atoms in total. The Morgan fingerprint density at radius 2 is 0.846 bits per heavy atom. The fourth-order valence-corrected chi connectivity index (χ4v) is 4.53. The summed E-state index contributed by atoms with van der Waals surface area (Å²) in [5.41, 5.74) is 0. The highest BCUT2D eigenvalue weighted by Crippen LogP contribution is 2.04. The number of esters is 1. The Morgan fingerprint density at radius 1 is 0.500 bits per heavy atom. The van der Waals surface area contributed by atoms with E-state index in [9.17, 15) is 9.59 Å². The summed E-state index contributed by atoms with van der Waals surface area (Å²) >= 11 is 0. The zero-order valence-electron chi connectivity index (χ0n) is 32.9. The molecule has 1 amide bonds. The van der Waals surface area contributed by atoms with Crippen molar-refractivity contribution < 1.29 is 29.6 Å². The maximum atomic E-state index is 11.4. The van der Waals surface area contributed by atoms with Gasteiger partial charge in [-0.1, -0.05) is 137 Å². The monoisotopic (exact) mass is 726 g/mol. The molecule has 296 valence electrons. The molecule has 52 heavy (non-hydrogen) atoms. The number of nitrogens with one attached hydrogen (secondary N) is 1. The van der Waals surface area contributed by atoms with Crippen LogP contribution in [0.25, 0.3) is 0 Å². The molecule has 0 unspecified atom stereocenters. The van der Waals surface area contributed by atoms with Crippen LogP contribution in [0.15, 0.2) is 97.2 Å². The summed E-state index contributed by atoms with van der Waals surface area (Å²) in [4.78, 5) is 22.7. The van der Waals surface area contributed by atoms with Gasteiger partial charge in [0.15, 0.2) is 0 Å². The van der Waals surface area contributed by atoms with Gasteiger partial charge in [0.1, 0.15) is 6.10 Å². The summed E-state index contributed by atoms with van der Waals surface area (Å²) < 4.78 is 4.89. The minimum absolute atomic E-state index is 0.00289. The van der Waals surface area contributed by atoms with Crippen molar-refractivity contribution in [2.45, 2.75) is 148 Å². The molecule has 0 aromatic carbocycles. The first-order valence-corrected chi connectivity index (χ1v) is 20.0. The third-order valence-electron chi connectivity index (χ3n) is 7.58. The fraction of sp³-hybridized carbons (Fsp3) is 0.600. The number of carbonyl (C=O) groups is 2. The Bertz CT molecular complexity index is 1020. The molecule has 0 aliphatic carbocycles. The normalized spacial score (nSPS) is 12.3. The number of rotatable bonds is 33. The fourth-order valence-electron chi connectivity index (χ4n) is 4.53. The molecule has 0 saturated carbocycles. The highest BCUT2D eigenvalue weighted by atomic mass is 16.6. The Labute approximate surface area is 318 Å². The second-order valence-electron chi connectivity index (χ2n) is 12.5. The number of amides is 1. The van der Waals surface area contributed by atoms with E-state index in [0.29, 0.717) is 25.8 Å². The maximum absolute atomic E-state index is 11.4. The Hall–Kier alpha value is -3.26. The first kappa shape index (κ1) is 50.8. The molecule has 0 saturated heterocycles. The van der Waals surface area contributed by atoms with Crippen LogP contribution in [0.2, 0.25) is 0 Å². The Kier molecular flexibility index (Phi) is 44.7. The quantitative estimate of drug-likeness (QED) is 0.0304. The topological polar surface area (TPSA) is 116 Å². The van der Waals surface area contributed by atoms with Crippen molar-refractivity contribution in [1.82, 2.24) is 5.32 Å². The summed E-state index contributed by atoms with van der Waals surface area (Å²) in [6.07, 6.45) is 54.4. The molecule has 0 fully saturated rings. The van der Waals surface area contributed by atoms with Crippen molar-refractivity contribution in [3.63, 3.8) is 0 Å². The number of unbranched alkanes of at least 4 members (excludes halogenated alkanes) is 8. The van der Waals surface area contributed by atoms with Gasteiger partial charge in [-0.25, -0.2) is 0 Å². The number of allylic oxidation sites excluding steroid dienone is 16. The van der Waals surface area contributed by atoms with Gasteiger partial charge in [-0.2, -0.15) is 0 Å². The molecule has 0 aliphatic rings. The van der Waals surface area contributed by atoms with Crippen LogP contribution in [0, 0.1) is 0 Å². The van der Waals surface area contributed by atoms with Crippen molar-refractivity contribution in [3.8, 4) is 0 Å². The molecular weight excluding hydrogens is 650 g/mol. The number of hydrogen-bond donors (Lipinski definition) is 4. The van der Waals surface area contributed by atoms with Crippen LogP contribution in [0.5, 0.6) is 0 Å². The summed E-state index contributed by atoms with van der Waals surface area (Å²) in [7, 11) is 0. The lowest BCUT2D eigenvalue weighted by atomic mass is 10.2. The van der Waals surface area contributed by atoms with Gasteiger partial charge in [-0.3, -0.25) is 9.59 Å². The minimum Gasteiger partial charge on any atom is -0.457 e. The van der Waals surface area contributed by atoms with Gasteiger partial charge in [0, 0.05) is 19.4 Å². The lowest BCUT2D eigenvalue weighted by molar-refractivity contribution is -0.153. The number of carbonyl (C=O) groups excluding carboxylic acids is 2. The largest absolute Gasteiger partial charge is 0.457 e. The number of aliphatic hydroxyl groups excluding tert-OH is 3. The molecule has 0 spiro atoms. The minimum atomic E-state index is -0.797. The second-order valence-corrected chi connectivity index (χ2v) is 12.5. The molecule has 0 aliphatic heterocycles. The predicted octanol–water partition coefficient (Wildman–Crippen LogP) is 10.3. The number of ether oxygens (including phenoxy) is 1. The molecule has 4 N–H and O–H groups in total. The molecule has 0 radical (unpaired) electrons. The molecule has 0 rings (SSSR count). The zero-order chi connectivity index (χ0) is 38.4. The van der Waals surface area contributed by atoms with Crippen molar-refractivity contribution in [2.24, 2.45) is 0 Å². The highest BCUT2D eigenvalue weighted by Gasteiger charge is 2.11. The van der Waals surface area contributed by atoms with Gasteiger partial charge in [0.25, 0.3) is 0 Å². The standard InChI is InChI=1S/C23H38O4.C22H37NO2/c1-2-3-4-5-6-7-8-9-10-11-12-13-14-15-16-17-18-19-23(26)27-22(20-24)21-25;1-2-3-4-5-6-7-8-9-10-11-12-13-14-15-16-17-18-19-22(25)23-20-21-24/h6-7,9-10,12-13,15-16,22,24-25H,2-5,8,11,14,17-21H2,1H3;6-7,9-10,12-13,15-16,24H,2-5,8,11,14,17-21H2,1H3,(H,23,25)/b2*7-6-,10-9-,13-12-,16-15-. The van der Waals surface area contributed by atoms with Crippen LogP contribution in [-0.2, 0) is 14.3 Å². The summed E-state index contributed by atoms with van der Waals surface area (Å²) in [6.45, 7) is 4.12. The van der Waals surface area contributed by atoms with Crippen molar-refractivity contribution >= 4 is 11.9 Å². The molecule has 0 aromatic rings. The predicted molar refractivity (Wildman–Crippen MR) is 221 cm³/mol. The molecule has 0 heterocycles. The third kappa shape index (κ3) is 44.8. The van der Waals surface area contributed by atoms with Crippen molar-refractivity contribution in [3.05, 3.63) is 97.2 Å². The van der Waals surface area contributed by atoms with Crippen LogP contribution in [0.4, 0.5) is 0 Å². The van der Waals surface area contributed by atoms with Crippen molar-refractivity contribution in [1.29, 1.82) is 0 Å². The summed E-state index contributed by atoms with van der Waals surface area (Å²) in [5, 5.41) is 28.9. The average Bonchev–Trinajstić information content (AvgIpc) is 3.15. The van der Waals surface area contributed by atoms with E-state index in [1.807, 2.05) is 0 Å². The van der Waals surface area contributed by atoms with Crippen LogP contribution in [-0.4, -0.2) is 59.7 Å². The molecule has 0 aromatic heterocycles. The van der Waals surface area contributed by atoms with Crippen LogP contribution in [0.3, 0.4) is 0 Å². The van der Waals surface area contributed by atoms with Gasteiger partial charge in [-0.15, -0.1) is 0 Å². The van der Waals surface area contributed by atoms with Gasteiger partial charge < -0.3 is 25.4 Å². The van der Waals surface area contributed by atoms with E-state index < -0.39 is 6.10 Å². The SMILES string of the molecule is CCCCC/C=C\C/C=C\C/C=C\C/C=C\CCCC(=O)NCCO.CCCCC/C=C\C/C=C\C/C=C\C/C=C\CCCC(=O)OC(CO)CO. The zero-order valence-corrected chi connectivity index (χ0v) is 32.9. The van der Waals surface area contributed by atoms with E-state index in [-0.39, 0.29) is 31.7 Å². The molecule has 0 bridgehead atoms. The lowest BCUT2D eigenvalue weighted by Crippen LogP contribution is -2.25. The first-order chi connectivity index (χ1) is 25.5. The van der Waals surface area contributed by atoms with E-state index in [1.54, 1.807) is 0 Å². The van der Waals surface area contributed by atoms with Gasteiger partial charge in [0.05, 0.1) is 19.8 Å². The van der Waals surface area contributed by atoms with Crippen molar-refractivity contribution in [2.75, 3.05) is 26.4 Å². The van der Waals surface area contributed by atoms with Gasteiger partial charge in [-0.05, 0) is 89.9 Å². The van der Waals surface area contributed by atoms with E-state index in [4.69, 9.17) is 20.1 Å². The van der Waals surface area contributed by atoms with Crippen LogP contribution >= 0.6 is 0 Å². The Morgan fingerprint density at radius 3 is 1.19 bits per heavy atom. The van der Waals surface area contributed by atoms with E-state index in [2.05, 4.69) is 116 Å². The maximum Gasteiger partial charge on any atom is 0.306 e. The average molecular weight is 726 g/mol. The lowest BCUT2D eigenvalue weighted by Gasteiger charge is -2.11. The van der Waals surface area contributed by atoms with Crippen LogP contribution < -0.4 is 5.32 Å². The third-order valence-corrected chi connectivity index (χ3v) is 7.58. The van der Waals surface area contributed by atoms with Crippen LogP contribution in [0.1, 0.15) is 142 Å². The smallest absolute Gasteiger partial charge is 0.306 e. The van der Waals surface area contributed by atoms with E-state index in [0.717, 1.165) is 57.8 Å². The second kappa shape index (κ2) is 45.8. The van der Waals surface area contributed by atoms with E-state index >= 15 is 0 Å². The molecule has 7 heteroatoms. The molecular formula is C45H75NO6. The summed E-state index contributed by atoms with van der Waals surface area (Å²) in [5.74, 6) is -0.357. The number of aliphatic hydroxyl groups is 3. The van der Waals surface area contributed by atoms with Gasteiger partial charge >= 0.3 is 5.97 Å². The van der Waals surface area contributed by atoms with E-state index in [1.165, 1.54) is 51.4 Å².